The average Bonchev–Trinajstić information content (AvgIpc) is 3.24. The first kappa shape index (κ1) is 22.3. The van der Waals surface area contributed by atoms with Gasteiger partial charge >= 0.3 is 0 Å². The first-order valence-corrected chi connectivity index (χ1v) is 10.9. The fourth-order valence-corrected chi connectivity index (χ4v) is 3.46. The van der Waals surface area contributed by atoms with Gasteiger partial charge < -0.3 is 10.1 Å². The summed E-state index contributed by atoms with van der Waals surface area (Å²) in [6, 6.07) is 21.8. The fraction of sp³-hybridized carbons (Fsp3) is 0.185. The number of carbonyl (C=O) groups is 1. The van der Waals surface area contributed by atoms with Crippen LogP contribution in [-0.4, -0.2) is 15.7 Å². The van der Waals surface area contributed by atoms with Crippen LogP contribution in [0, 0.1) is 5.82 Å². The Morgan fingerprint density at radius 3 is 2.55 bits per heavy atom. The lowest BCUT2D eigenvalue weighted by Gasteiger charge is -2.10. The summed E-state index contributed by atoms with van der Waals surface area (Å²) in [4.78, 5) is 12.7. The number of nitrogens with one attached hydrogen (secondary N) is 1. The molecule has 168 valence electrons. The van der Waals surface area contributed by atoms with Gasteiger partial charge in [-0.25, -0.2) is 4.39 Å². The number of halogens is 1. The molecule has 4 rings (SSSR count). The summed E-state index contributed by atoms with van der Waals surface area (Å²) in [5.41, 5.74) is 4.06. The summed E-state index contributed by atoms with van der Waals surface area (Å²) >= 11 is 0. The van der Waals surface area contributed by atoms with Crippen molar-refractivity contribution < 1.29 is 13.9 Å². The number of nitrogens with zero attached hydrogens (tertiary/aromatic N) is 2. The molecule has 1 aromatic heterocycles. The molecule has 1 heterocycles. The summed E-state index contributed by atoms with van der Waals surface area (Å²) in [6.45, 7) is 5.09. The Balaban J connectivity index is 1.35. The van der Waals surface area contributed by atoms with Gasteiger partial charge in [0.05, 0.1) is 18.4 Å². The number of hydrogen-bond acceptors (Lipinski definition) is 3. The minimum Gasteiger partial charge on any atom is -0.489 e. The van der Waals surface area contributed by atoms with Crippen LogP contribution in [0.1, 0.15) is 46.8 Å². The predicted octanol–water partition coefficient (Wildman–Crippen LogP) is 6.03. The van der Waals surface area contributed by atoms with Crippen molar-refractivity contribution in [2.24, 2.45) is 0 Å². The van der Waals surface area contributed by atoms with E-state index in [1.54, 1.807) is 29.2 Å². The second-order valence-corrected chi connectivity index (χ2v) is 8.22. The van der Waals surface area contributed by atoms with E-state index in [1.807, 2.05) is 36.4 Å². The van der Waals surface area contributed by atoms with Gasteiger partial charge in [0.2, 0.25) is 0 Å². The summed E-state index contributed by atoms with van der Waals surface area (Å²) in [7, 11) is 0. The highest BCUT2D eigenvalue weighted by Crippen LogP contribution is 2.20. The number of rotatable bonds is 8. The van der Waals surface area contributed by atoms with E-state index in [1.165, 1.54) is 17.7 Å². The number of carbonyl (C=O) groups excluding carboxylic acids is 1. The highest BCUT2D eigenvalue weighted by Gasteiger charge is 2.09. The van der Waals surface area contributed by atoms with Gasteiger partial charge in [0.15, 0.2) is 0 Å². The third-order valence-electron chi connectivity index (χ3n) is 5.27. The Bertz CT molecular complexity index is 1230. The molecule has 3 aromatic carbocycles. The van der Waals surface area contributed by atoms with Crippen molar-refractivity contribution in [1.29, 1.82) is 0 Å². The van der Waals surface area contributed by atoms with Gasteiger partial charge in [-0.3, -0.25) is 9.48 Å². The van der Waals surface area contributed by atoms with E-state index in [-0.39, 0.29) is 11.7 Å². The smallest absolute Gasteiger partial charge is 0.255 e. The molecule has 4 aromatic rings. The van der Waals surface area contributed by atoms with Crippen molar-refractivity contribution in [3.8, 4) is 5.75 Å². The SMILES string of the molecule is CC(C)c1ccc(OCc2cccc(C(=O)Nc3cnn(Cc4cccc(F)c4)c3)c2)cc1. The van der Waals surface area contributed by atoms with E-state index in [0.29, 0.717) is 30.3 Å². The number of hydrogen-bond donors (Lipinski definition) is 1. The summed E-state index contributed by atoms with van der Waals surface area (Å²) in [5, 5.41) is 7.10. The first-order valence-electron chi connectivity index (χ1n) is 10.9. The minimum atomic E-state index is -0.287. The van der Waals surface area contributed by atoms with Gasteiger partial charge in [-0.15, -0.1) is 0 Å². The van der Waals surface area contributed by atoms with Crippen molar-refractivity contribution in [3.63, 3.8) is 0 Å². The molecule has 0 aliphatic rings. The molecule has 0 aliphatic heterocycles. The van der Waals surface area contributed by atoms with Crippen LogP contribution in [0.25, 0.3) is 0 Å². The maximum Gasteiger partial charge on any atom is 0.255 e. The maximum atomic E-state index is 13.4. The summed E-state index contributed by atoms with van der Waals surface area (Å²) in [6.07, 6.45) is 3.29. The van der Waals surface area contributed by atoms with Crippen LogP contribution in [0.3, 0.4) is 0 Å². The van der Waals surface area contributed by atoms with Crippen molar-refractivity contribution in [3.05, 3.63) is 113 Å². The number of amides is 1. The van der Waals surface area contributed by atoms with Gasteiger partial charge in [0, 0.05) is 11.8 Å². The quantitative estimate of drug-likeness (QED) is 0.362. The Morgan fingerprint density at radius 1 is 1.03 bits per heavy atom. The van der Waals surface area contributed by atoms with Crippen LogP contribution in [0.4, 0.5) is 10.1 Å². The molecule has 0 spiro atoms. The average molecular weight is 444 g/mol. The Morgan fingerprint density at radius 2 is 1.79 bits per heavy atom. The minimum absolute atomic E-state index is 0.233. The molecule has 1 N–H and O–H groups in total. The molecule has 0 bridgehead atoms. The highest BCUT2D eigenvalue weighted by atomic mass is 19.1. The molecule has 0 radical (unpaired) electrons. The van der Waals surface area contributed by atoms with Gasteiger partial charge in [0.25, 0.3) is 5.91 Å². The van der Waals surface area contributed by atoms with Crippen molar-refractivity contribution in [2.45, 2.75) is 32.9 Å². The largest absolute Gasteiger partial charge is 0.489 e. The molecule has 0 saturated heterocycles. The lowest BCUT2D eigenvalue weighted by Crippen LogP contribution is -2.12. The van der Waals surface area contributed by atoms with Crippen LogP contribution >= 0.6 is 0 Å². The van der Waals surface area contributed by atoms with E-state index in [0.717, 1.165) is 16.9 Å². The molecular formula is C27H26FN3O2. The number of benzene rings is 3. The number of aromatic nitrogens is 2. The van der Waals surface area contributed by atoms with Gasteiger partial charge in [-0.1, -0.05) is 50.2 Å². The van der Waals surface area contributed by atoms with E-state index >= 15 is 0 Å². The van der Waals surface area contributed by atoms with Crippen LogP contribution in [0.2, 0.25) is 0 Å². The summed E-state index contributed by atoms with van der Waals surface area (Å²) in [5.74, 6) is 0.746. The van der Waals surface area contributed by atoms with Crippen LogP contribution in [0.15, 0.2) is 85.2 Å². The lowest BCUT2D eigenvalue weighted by atomic mass is 10.0. The second kappa shape index (κ2) is 10.1. The number of anilines is 1. The fourth-order valence-electron chi connectivity index (χ4n) is 3.46. The zero-order valence-electron chi connectivity index (χ0n) is 18.7. The molecule has 6 heteroatoms. The highest BCUT2D eigenvalue weighted by molar-refractivity contribution is 6.04. The predicted molar refractivity (Wildman–Crippen MR) is 127 cm³/mol. The Kier molecular flexibility index (Phi) is 6.83. The van der Waals surface area contributed by atoms with Crippen LogP contribution in [-0.2, 0) is 13.2 Å². The normalized spacial score (nSPS) is 10.9. The Labute approximate surface area is 192 Å². The lowest BCUT2D eigenvalue weighted by molar-refractivity contribution is 0.102. The van der Waals surface area contributed by atoms with Crippen molar-refractivity contribution >= 4 is 11.6 Å². The Hall–Kier alpha value is -3.93. The van der Waals surface area contributed by atoms with E-state index < -0.39 is 0 Å². The molecule has 0 fully saturated rings. The third-order valence-corrected chi connectivity index (χ3v) is 5.27. The molecule has 0 aliphatic carbocycles. The van der Waals surface area contributed by atoms with Crippen molar-refractivity contribution in [1.82, 2.24) is 9.78 Å². The van der Waals surface area contributed by atoms with E-state index in [9.17, 15) is 9.18 Å². The standard InChI is InChI=1S/C27H26FN3O2/c1-19(2)22-9-11-26(12-10-22)33-18-21-6-3-7-23(13-21)27(32)30-25-15-29-31(17-25)16-20-5-4-8-24(28)14-20/h3-15,17,19H,16,18H2,1-2H3,(H,30,32). The van der Waals surface area contributed by atoms with Gasteiger partial charge in [-0.2, -0.15) is 5.10 Å². The van der Waals surface area contributed by atoms with Gasteiger partial charge in [-0.05, 0) is 59.0 Å². The molecule has 33 heavy (non-hydrogen) atoms. The second-order valence-electron chi connectivity index (χ2n) is 8.22. The molecular weight excluding hydrogens is 417 g/mol. The van der Waals surface area contributed by atoms with Crippen LogP contribution in [0.5, 0.6) is 5.75 Å². The van der Waals surface area contributed by atoms with Gasteiger partial charge in [0.1, 0.15) is 18.2 Å². The van der Waals surface area contributed by atoms with Crippen LogP contribution < -0.4 is 10.1 Å². The van der Waals surface area contributed by atoms with E-state index in [2.05, 4.69) is 36.4 Å². The zero-order valence-corrected chi connectivity index (χ0v) is 18.7. The third kappa shape index (κ3) is 6.07. The monoisotopic (exact) mass is 443 g/mol. The molecule has 0 saturated carbocycles. The number of ether oxygens (including phenoxy) is 1. The first-order chi connectivity index (χ1) is 16.0. The molecule has 0 atom stereocenters. The maximum absolute atomic E-state index is 13.4. The topological polar surface area (TPSA) is 56.1 Å². The van der Waals surface area contributed by atoms with E-state index in [4.69, 9.17) is 4.74 Å². The zero-order chi connectivity index (χ0) is 23.2. The molecule has 1 amide bonds. The summed E-state index contributed by atoms with van der Waals surface area (Å²) < 4.78 is 20.9. The molecule has 5 nitrogen and oxygen atoms in total. The molecule has 0 unspecified atom stereocenters. The van der Waals surface area contributed by atoms with Crippen molar-refractivity contribution in [2.75, 3.05) is 5.32 Å².